The van der Waals surface area contributed by atoms with E-state index in [1.54, 1.807) is 0 Å². The van der Waals surface area contributed by atoms with Crippen molar-refractivity contribution >= 4 is 21.5 Å². The van der Waals surface area contributed by atoms with Crippen LogP contribution in [-0.2, 0) is 10.8 Å². The Morgan fingerprint density at radius 2 is 0.982 bits per heavy atom. The van der Waals surface area contributed by atoms with Gasteiger partial charge in [0.1, 0.15) is 0 Å². The van der Waals surface area contributed by atoms with Crippen molar-refractivity contribution in [3.05, 3.63) is 192 Å². The molecular formula is C54H40N2. The van der Waals surface area contributed by atoms with Crippen LogP contribution in [0, 0.1) is 0 Å². The lowest BCUT2D eigenvalue weighted by molar-refractivity contribution is 0.660. The maximum atomic E-state index is 5.45. The molecule has 2 heteroatoms. The molecule has 9 aromatic rings. The average Bonchev–Trinajstić information content (AvgIpc) is 3.63. The number of hydrogen-bond acceptors (Lipinski definition) is 2. The van der Waals surface area contributed by atoms with E-state index in [9.17, 15) is 0 Å². The summed E-state index contributed by atoms with van der Waals surface area (Å²) in [5, 5.41) is 4.96. The molecule has 0 bridgehead atoms. The zero-order valence-electron chi connectivity index (χ0n) is 32.1. The Hall–Kier alpha value is -6.64. The molecule has 56 heavy (non-hydrogen) atoms. The Kier molecular flexibility index (Phi) is 6.98. The molecule has 0 atom stereocenters. The maximum absolute atomic E-state index is 5.45. The molecule has 11 rings (SSSR count). The van der Waals surface area contributed by atoms with Gasteiger partial charge in [0.2, 0.25) is 0 Å². The summed E-state index contributed by atoms with van der Waals surface area (Å²) in [5.74, 6) is 0.727. The topological polar surface area (TPSA) is 25.8 Å². The van der Waals surface area contributed by atoms with Crippen LogP contribution in [0.2, 0.25) is 0 Å². The predicted molar refractivity (Wildman–Crippen MR) is 234 cm³/mol. The second kappa shape index (κ2) is 11.9. The molecule has 0 spiro atoms. The lowest BCUT2D eigenvalue weighted by Gasteiger charge is -2.24. The van der Waals surface area contributed by atoms with Crippen LogP contribution in [0.15, 0.2) is 170 Å². The Morgan fingerprint density at radius 3 is 1.82 bits per heavy atom. The van der Waals surface area contributed by atoms with Gasteiger partial charge in [0.25, 0.3) is 0 Å². The summed E-state index contributed by atoms with van der Waals surface area (Å²) < 4.78 is 0. The van der Waals surface area contributed by atoms with Gasteiger partial charge < -0.3 is 0 Å². The molecule has 0 aliphatic heterocycles. The molecule has 0 saturated carbocycles. The predicted octanol–water partition coefficient (Wildman–Crippen LogP) is 14.1. The van der Waals surface area contributed by atoms with Gasteiger partial charge in [0.15, 0.2) is 5.82 Å². The fraction of sp³-hybridized carbons (Fsp3) is 0.111. The second-order valence-electron chi connectivity index (χ2n) is 16.5. The van der Waals surface area contributed by atoms with E-state index in [4.69, 9.17) is 9.97 Å². The highest BCUT2D eigenvalue weighted by molar-refractivity contribution is 6.05. The molecule has 0 N–H and O–H groups in total. The smallest absolute Gasteiger partial charge is 0.161 e. The summed E-state index contributed by atoms with van der Waals surface area (Å²) in [6.07, 6.45) is 0. The van der Waals surface area contributed by atoms with Crippen molar-refractivity contribution in [2.24, 2.45) is 0 Å². The molecule has 0 fully saturated rings. The highest BCUT2D eigenvalue weighted by Gasteiger charge is 2.38. The van der Waals surface area contributed by atoms with Crippen molar-refractivity contribution in [3.8, 4) is 67.3 Å². The van der Waals surface area contributed by atoms with Crippen molar-refractivity contribution in [2.45, 2.75) is 38.5 Å². The SMILES string of the molecule is CC1(C)c2ccccc2-c2c(-c3cc(-c4ccccc4)nc(-c4ccc(-c5ccc6c(c5)C(C)(C)c5c-6ccc6ccccc56)c5ccccc45)n3)cccc21. The fourth-order valence-corrected chi connectivity index (χ4v) is 9.94. The van der Waals surface area contributed by atoms with Gasteiger partial charge in [0, 0.05) is 27.5 Å². The van der Waals surface area contributed by atoms with E-state index in [1.165, 1.54) is 71.8 Å². The molecule has 2 aliphatic rings. The van der Waals surface area contributed by atoms with Gasteiger partial charge >= 0.3 is 0 Å². The molecule has 266 valence electrons. The van der Waals surface area contributed by atoms with Crippen molar-refractivity contribution < 1.29 is 0 Å². The van der Waals surface area contributed by atoms with Gasteiger partial charge in [-0.2, -0.15) is 0 Å². The molecule has 2 aliphatic carbocycles. The second-order valence-corrected chi connectivity index (χ2v) is 16.5. The van der Waals surface area contributed by atoms with E-state index in [1.807, 2.05) is 0 Å². The molecule has 8 aromatic carbocycles. The first-order valence-corrected chi connectivity index (χ1v) is 19.7. The molecule has 0 amide bonds. The van der Waals surface area contributed by atoms with Crippen LogP contribution in [0.1, 0.15) is 49.9 Å². The first-order valence-electron chi connectivity index (χ1n) is 19.7. The monoisotopic (exact) mass is 716 g/mol. The summed E-state index contributed by atoms with van der Waals surface area (Å²) >= 11 is 0. The molecule has 0 saturated heterocycles. The largest absolute Gasteiger partial charge is 0.228 e. The number of rotatable bonds is 4. The first-order chi connectivity index (χ1) is 27.3. The minimum absolute atomic E-state index is 0.102. The Bertz CT molecular complexity index is 3080. The lowest BCUT2D eigenvalue weighted by atomic mass is 9.79. The van der Waals surface area contributed by atoms with Crippen LogP contribution in [0.4, 0.5) is 0 Å². The summed E-state index contributed by atoms with van der Waals surface area (Å²) in [7, 11) is 0. The minimum atomic E-state index is -0.132. The van der Waals surface area contributed by atoms with Gasteiger partial charge in [-0.05, 0) is 95.4 Å². The van der Waals surface area contributed by atoms with Crippen LogP contribution in [-0.4, -0.2) is 9.97 Å². The molecule has 1 aromatic heterocycles. The van der Waals surface area contributed by atoms with Crippen molar-refractivity contribution in [3.63, 3.8) is 0 Å². The number of nitrogens with zero attached hydrogens (tertiary/aromatic N) is 2. The average molecular weight is 717 g/mol. The van der Waals surface area contributed by atoms with E-state index in [0.29, 0.717) is 0 Å². The van der Waals surface area contributed by atoms with Gasteiger partial charge in [-0.25, -0.2) is 9.97 Å². The number of benzene rings is 8. The quantitative estimate of drug-likeness (QED) is 0.181. The van der Waals surface area contributed by atoms with Crippen LogP contribution in [0.3, 0.4) is 0 Å². The Morgan fingerprint density at radius 1 is 0.357 bits per heavy atom. The summed E-state index contributed by atoms with van der Waals surface area (Å²) in [5.41, 5.74) is 18.0. The maximum Gasteiger partial charge on any atom is 0.161 e. The van der Waals surface area contributed by atoms with E-state index in [-0.39, 0.29) is 10.8 Å². The standard InChI is InChI=1S/C54H40N2/c1-53(2)45-23-13-12-21-43(45)50-44(22-14-24-46(50)53)49-32-48(34-16-6-5-7-17-34)55-52(56-49)42-30-29-36(38-19-10-11-20-39(38)42)35-26-27-40-41-28-25-33-15-8-9-18-37(33)51(41)54(3,4)47(40)31-35/h5-32H,1-4H3. The van der Waals surface area contributed by atoms with Crippen LogP contribution >= 0.6 is 0 Å². The summed E-state index contributed by atoms with van der Waals surface area (Å²) in [6, 6.07) is 62.0. The number of fused-ring (bicyclic) bond motifs is 9. The molecule has 1 heterocycles. The molecule has 2 nitrogen and oxygen atoms in total. The van der Waals surface area contributed by atoms with E-state index >= 15 is 0 Å². The third-order valence-corrected chi connectivity index (χ3v) is 12.7. The molecule has 0 unspecified atom stereocenters. The van der Waals surface area contributed by atoms with Gasteiger partial charge in [-0.3, -0.25) is 0 Å². The molecule has 0 radical (unpaired) electrons. The Labute approximate surface area is 328 Å². The highest BCUT2D eigenvalue weighted by atomic mass is 14.9. The minimum Gasteiger partial charge on any atom is -0.228 e. The highest BCUT2D eigenvalue weighted by Crippen LogP contribution is 2.54. The van der Waals surface area contributed by atoms with Crippen molar-refractivity contribution in [1.29, 1.82) is 0 Å². The van der Waals surface area contributed by atoms with Gasteiger partial charge in [-0.1, -0.05) is 179 Å². The number of aromatic nitrogens is 2. The lowest BCUT2D eigenvalue weighted by Crippen LogP contribution is -2.15. The molecular weight excluding hydrogens is 677 g/mol. The van der Waals surface area contributed by atoms with Crippen LogP contribution in [0.25, 0.3) is 88.8 Å². The van der Waals surface area contributed by atoms with Crippen LogP contribution in [0.5, 0.6) is 0 Å². The summed E-state index contributed by atoms with van der Waals surface area (Å²) in [4.78, 5) is 10.8. The number of hydrogen-bond donors (Lipinski definition) is 0. The zero-order valence-corrected chi connectivity index (χ0v) is 32.1. The van der Waals surface area contributed by atoms with Crippen molar-refractivity contribution in [2.75, 3.05) is 0 Å². The van der Waals surface area contributed by atoms with Crippen LogP contribution < -0.4 is 0 Å². The van der Waals surface area contributed by atoms with Gasteiger partial charge in [0.05, 0.1) is 11.4 Å². The van der Waals surface area contributed by atoms with E-state index in [2.05, 4.69) is 198 Å². The fourth-order valence-electron chi connectivity index (χ4n) is 9.94. The summed E-state index contributed by atoms with van der Waals surface area (Å²) in [6.45, 7) is 9.42. The van der Waals surface area contributed by atoms with E-state index < -0.39 is 0 Å². The third-order valence-electron chi connectivity index (χ3n) is 12.7. The normalized spacial score (nSPS) is 14.4. The van der Waals surface area contributed by atoms with Gasteiger partial charge in [-0.15, -0.1) is 0 Å². The van der Waals surface area contributed by atoms with Crippen molar-refractivity contribution in [1.82, 2.24) is 9.97 Å². The Balaban J connectivity index is 1.09. The van der Waals surface area contributed by atoms with E-state index in [0.717, 1.165) is 39.3 Å². The third kappa shape index (κ3) is 4.69. The zero-order chi connectivity index (χ0) is 37.8. The first kappa shape index (κ1) is 32.8.